The van der Waals surface area contributed by atoms with Crippen molar-refractivity contribution in [1.82, 2.24) is 0 Å². The molecule has 0 aliphatic rings. The number of hydrogen-bond acceptors (Lipinski definition) is 0. The van der Waals surface area contributed by atoms with E-state index in [0.29, 0.717) is 0 Å². The Balaban J connectivity index is 0. The van der Waals surface area contributed by atoms with E-state index in [1.54, 1.807) is 0 Å². The van der Waals surface area contributed by atoms with Crippen LogP contribution in [0.5, 0.6) is 0 Å². The fourth-order valence-corrected chi connectivity index (χ4v) is 0.642. The van der Waals surface area contributed by atoms with Gasteiger partial charge in [-0.3, -0.25) is 0 Å². The van der Waals surface area contributed by atoms with Crippen molar-refractivity contribution in [3.63, 3.8) is 0 Å². The Hall–Kier alpha value is 0.219. The second-order valence-corrected chi connectivity index (χ2v) is 1.92. The van der Waals surface area contributed by atoms with Crippen LogP contribution in [-0.4, -0.2) is 0 Å². The molecule has 2 aromatic carbocycles. The van der Waals surface area contributed by atoms with E-state index < -0.39 is 0 Å². The van der Waals surface area contributed by atoms with Crippen molar-refractivity contribution in [2.24, 2.45) is 0 Å². The largest absolute Gasteiger partial charge is 2.00 e. The van der Waals surface area contributed by atoms with Crippen LogP contribution in [0.3, 0.4) is 0 Å². The average molecular weight is 319 g/mol. The van der Waals surface area contributed by atoms with Crippen molar-refractivity contribution in [3.05, 3.63) is 60.7 Å². The molecule has 0 amide bonds. The maximum atomic E-state index is 2.00. The molecule has 0 saturated heterocycles. The van der Waals surface area contributed by atoms with Crippen LogP contribution in [0.2, 0.25) is 0 Å². The van der Waals surface area contributed by atoms with E-state index in [4.69, 9.17) is 0 Å². The first-order chi connectivity index (χ1) is 5.00. The predicted molar refractivity (Wildman–Crippen MR) is 50.8 cm³/mol. The quantitative estimate of drug-likeness (QED) is 0.653. The first-order valence-electron chi connectivity index (χ1n) is 3.33. The summed E-state index contributed by atoms with van der Waals surface area (Å²) in [5.74, 6) is 0. The van der Waals surface area contributed by atoms with Crippen molar-refractivity contribution in [1.29, 1.82) is 0 Å². The zero-order chi connectivity index (χ0) is 7.07. The molecule has 0 aliphatic heterocycles. The monoisotopic (exact) mass is 320 g/mol. The predicted octanol–water partition coefficient (Wildman–Crippen LogP) is 3.45. The van der Waals surface area contributed by atoms with Gasteiger partial charge in [-0.25, -0.2) is 24.3 Å². The van der Waals surface area contributed by atoms with Gasteiger partial charge in [-0.15, -0.1) is 0 Å². The third-order valence-corrected chi connectivity index (χ3v) is 1.11. The van der Waals surface area contributed by atoms with Gasteiger partial charge in [0.2, 0.25) is 0 Å². The molecule has 0 nitrogen and oxygen atoms in total. The zero-order valence-corrected chi connectivity index (χ0v) is 7.76. The van der Waals surface area contributed by atoms with Crippen molar-refractivity contribution in [2.75, 3.05) is 0 Å². The molecule has 1 heteroatoms. The average Bonchev–Trinajstić information content (AvgIpc) is 2.67. The summed E-state index contributed by atoms with van der Waals surface area (Å²) in [4.78, 5) is 0. The summed E-state index contributed by atoms with van der Waals surface area (Å²) in [5, 5.41) is 0. The van der Waals surface area contributed by atoms with Gasteiger partial charge in [-0.05, 0) is 0 Å². The summed E-state index contributed by atoms with van der Waals surface area (Å²) in [7, 11) is 0. The van der Waals surface area contributed by atoms with E-state index in [9.17, 15) is 0 Å². The number of rotatable bonds is 0. The van der Waals surface area contributed by atoms with Crippen molar-refractivity contribution in [3.8, 4) is 0 Å². The molecule has 2 rings (SSSR count). The van der Waals surface area contributed by atoms with Crippen LogP contribution in [0.15, 0.2) is 60.7 Å². The van der Waals surface area contributed by atoms with Gasteiger partial charge >= 0.3 is 46.9 Å². The summed E-state index contributed by atoms with van der Waals surface area (Å²) >= 11 is 0. The molecule has 0 aromatic heterocycles. The summed E-state index contributed by atoms with van der Waals surface area (Å²) in [6, 6.07) is 20.0. The second kappa shape index (κ2) is 11.2. The van der Waals surface area contributed by atoms with Crippen molar-refractivity contribution >= 4 is 0 Å². The van der Waals surface area contributed by atoms with Crippen LogP contribution in [0, 0.1) is 46.9 Å². The molecule has 0 fully saturated rings. The van der Waals surface area contributed by atoms with Gasteiger partial charge in [0.05, 0.1) is 0 Å². The Labute approximate surface area is 114 Å². The molecule has 0 N–H and O–H groups in total. The molecule has 0 radical (unpaired) electrons. The summed E-state index contributed by atoms with van der Waals surface area (Å²) < 4.78 is 0. The standard InChI is InChI=1S/2C5H5.CH4.Yb/c2*1-2-4-5-3-1;;/h2*1-5H;1H4;/q2*-1;;+2. The maximum Gasteiger partial charge on any atom is 2.00 e. The van der Waals surface area contributed by atoms with Crippen LogP contribution < -0.4 is 0 Å². The molecule has 0 aliphatic carbocycles. The minimum Gasteiger partial charge on any atom is -0.214 e. The smallest absolute Gasteiger partial charge is 0.214 e. The summed E-state index contributed by atoms with van der Waals surface area (Å²) in [5.41, 5.74) is 0. The van der Waals surface area contributed by atoms with E-state index in [0.717, 1.165) is 0 Å². The van der Waals surface area contributed by atoms with Gasteiger partial charge in [0.1, 0.15) is 0 Å². The van der Waals surface area contributed by atoms with Crippen molar-refractivity contribution < 1.29 is 46.9 Å². The Morgan fingerprint density at radius 3 is 0.917 bits per heavy atom. The Morgan fingerprint density at radius 1 is 0.583 bits per heavy atom. The van der Waals surface area contributed by atoms with Gasteiger partial charge in [-0.1, -0.05) is 7.43 Å². The third-order valence-electron chi connectivity index (χ3n) is 1.11. The molecule has 0 heterocycles. The minimum absolute atomic E-state index is 0. The summed E-state index contributed by atoms with van der Waals surface area (Å²) in [6.45, 7) is 0. The molecule has 0 bridgehead atoms. The molecule has 0 saturated carbocycles. The molecule has 72 valence electrons. The zero-order valence-electron chi connectivity index (χ0n) is 6.04. The molecular weight excluding hydrogens is 305 g/mol. The number of hydrogen-bond donors (Lipinski definition) is 0. The van der Waals surface area contributed by atoms with Crippen LogP contribution in [0.4, 0.5) is 0 Å². The molecular formula is C11H14Yb. The Kier molecular flexibility index (Phi) is 13.8. The van der Waals surface area contributed by atoms with Crippen LogP contribution >= 0.6 is 0 Å². The fraction of sp³-hybridized carbons (Fsp3) is 0.0909. The normalized spacial score (nSPS) is 6.67. The van der Waals surface area contributed by atoms with Crippen LogP contribution in [-0.2, 0) is 0 Å². The molecule has 12 heavy (non-hydrogen) atoms. The molecule has 0 unspecified atom stereocenters. The van der Waals surface area contributed by atoms with E-state index in [1.807, 2.05) is 60.7 Å². The van der Waals surface area contributed by atoms with Crippen molar-refractivity contribution in [2.45, 2.75) is 7.43 Å². The SMILES string of the molecule is C.[Yb+2].c1cc[cH-]c1.c1cc[cH-]c1. The topological polar surface area (TPSA) is 0 Å². The molecule has 0 spiro atoms. The van der Waals surface area contributed by atoms with Crippen LogP contribution in [0.1, 0.15) is 7.43 Å². The Morgan fingerprint density at radius 2 is 0.833 bits per heavy atom. The van der Waals surface area contributed by atoms with E-state index in [1.165, 1.54) is 0 Å². The molecule has 2 aromatic rings. The first kappa shape index (κ1) is 14.7. The van der Waals surface area contributed by atoms with E-state index in [2.05, 4.69) is 0 Å². The first-order valence-corrected chi connectivity index (χ1v) is 3.33. The van der Waals surface area contributed by atoms with Crippen LogP contribution in [0.25, 0.3) is 0 Å². The van der Waals surface area contributed by atoms with Gasteiger partial charge < -0.3 is 0 Å². The van der Waals surface area contributed by atoms with Gasteiger partial charge in [0, 0.05) is 0 Å². The fourth-order valence-electron chi connectivity index (χ4n) is 0.642. The maximum absolute atomic E-state index is 2.00. The van der Waals surface area contributed by atoms with E-state index >= 15 is 0 Å². The Bertz CT molecular complexity index is 144. The van der Waals surface area contributed by atoms with Gasteiger partial charge in [0.25, 0.3) is 0 Å². The molecule has 0 atom stereocenters. The third kappa shape index (κ3) is 8.32. The second-order valence-electron chi connectivity index (χ2n) is 1.92. The minimum atomic E-state index is 0. The van der Waals surface area contributed by atoms with E-state index in [-0.39, 0.29) is 54.4 Å². The van der Waals surface area contributed by atoms with Gasteiger partial charge in [0.15, 0.2) is 0 Å². The van der Waals surface area contributed by atoms with Gasteiger partial charge in [-0.2, -0.15) is 36.4 Å². The summed E-state index contributed by atoms with van der Waals surface area (Å²) in [6.07, 6.45) is 0.